The van der Waals surface area contributed by atoms with E-state index in [9.17, 15) is 9.90 Å². The average molecular weight is 316 g/mol. The number of nitrogens with zero attached hydrogens (tertiary/aromatic N) is 2. The van der Waals surface area contributed by atoms with Crippen LogP contribution in [0.2, 0.25) is 0 Å². The maximum atomic E-state index is 12.1. The van der Waals surface area contributed by atoms with Gasteiger partial charge in [-0.05, 0) is 33.3 Å². The van der Waals surface area contributed by atoms with E-state index in [4.69, 9.17) is 0 Å². The first-order valence-corrected chi connectivity index (χ1v) is 7.64. The van der Waals surface area contributed by atoms with Crippen molar-refractivity contribution in [1.82, 2.24) is 15.1 Å². The maximum absolute atomic E-state index is 12.1. The van der Waals surface area contributed by atoms with E-state index in [-0.39, 0.29) is 18.2 Å². The second-order valence-corrected chi connectivity index (χ2v) is 6.51. The lowest BCUT2D eigenvalue weighted by Gasteiger charge is -2.20. The summed E-state index contributed by atoms with van der Waals surface area (Å²) in [6.45, 7) is 8.02. The average Bonchev–Trinajstić information content (AvgIpc) is 2.80. The molecule has 0 aliphatic rings. The number of rotatable bonds is 4. The fraction of sp³-hybridized carbons (Fsp3) is 0.412. The number of aliphatic hydroxyl groups is 1. The molecule has 2 rings (SSSR count). The van der Waals surface area contributed by atoms with Crippen LogP contribution in [0.3, 0.4) is 0 Å². The van der Waals surface area contributed by atoms with Gasteiger partial charge >= 0.3 is 6.03 Å². The van der Waals surface area contributed by atoms with Crippen LogP contribution < -0.4 is 10.6 Å². The fourth-order valence-corrected chi connectivity index (χ4v) is 2.26. The van der Waals surface area contributed by atoms with E-state index in [2.05, 4.69) is 15.7 Å². The molecule has 0 saturated heterocycles. The third-order valence-electron chi connectivity index (χ3n) is 3.24. The Bertz CT molecular complexity index is 686. The minimum absolute atomic E-state index is 0.0511. The molecule has 6 nitrogen and oxygen atoms in total. The van der Waals surface area contributed by atoms with Crippen molar-refractivity contribution in [2.45, 2.75) is 39.8 Å². The number of aromatic nitrogens is 2. The van der Waals surface area contributed by atoms with Crippen LogP contribution in [-0.4, -0.2) is 33.1 Å². The summed E-state index contributed by atoms with van der Waals surface area (Å²) in [4.78, 5) is 12.1. The highest BCUT2D eigenvalue weighted by Crippen LogP contribution is 2.25. The summed E-state index contributed by atoms with van der Waals surface area (Å²) in [6.07, 6.45) is 0. The van der Waals surface area contributed by atoms with E-state index in [1.54, 1.807) is 4.68 Å². The second-order valence-electron chi connectivity index (χ2n) is 6.51. The summed E-state index contributed by atoms with van der Waals surface area (Å²) >= 11 is 0. The van der Waals surface area contributed by atoms with Gasteiger partial charge in [-0.1, -0.05) is 24.3 Å². The van der Waals surface area contributed by atoms with Crippen molar-refractivity contribution < 1.29 is 9.90 Å². The number of anilines is 1. The van der Waals surface area contributed by atoms with Crippen LogP contribution in [0, 0.1) is 6.92 Å². The van der Waals surface area contributed by atoms with Crippen LogP contribution in [0.4, 0.5) is 10.6 Å². The van der Waals surface area contributed by atoms with Crippen molar-refractivity contribution in [1.29, 1.82) is 0 Å². The monoisotopic (exact) mass is 316 g/mol. The number of benzene rings is 1. The lowest BCUT2D eigenvalue weighted by Crippen LogP contribution is -2.43. The second kappa shape index (κ2) is 6.83. The first-order valence-electron chi connectivity index (χ1n) is 7.64. The molecule has 2 amide bonds. The molecule has 0 atom stereocenters. The highest BCUT2D eigenvalue weighted by atomic mass is 16.3. The Labute approximate surface area is 136 Å². The molecule has 0 saturated carbocycles. The third-order valence-corrected chi connectivity index (χ3v) is 3.24. The molecule has 1 aromatic heterocycles. The van der Waals surface area contributed by atoms with E-state index in [0.717, 1.165) is 16.8 Å². The summed E-state index contributed by atoms with van der Waals surface area (Å²) in [7, 11) is 0. The number of hydrogen-bond donors (Lipinski definition) is 3. The van der Waals surface area contributed by atoms with Gasteiger partial charge in [0, 0.05) is 17.2 Å². The van der Waals surface area contributed by atoms with E-state index in [1.807, 2.05) is 58.0 Å². The van der Waals surface area contributed by atoms with E-state index < -0.39 is 0 Å². The molecule has 0 aliphatic heterocycles. The minimum Gasteiger partial charge on any atom is -0.394 e. The smallest absolute Gasteiger partial charge is 0.320 e. The normalized spacial score (nSPS) is 11.3. The Morgan fingerprint density at radius 1 is 1.30 bits per heavy atom. The number of amides is 2. The molecule has 0 radical (unpaired) electrons. The van der Waals surface area contributed by atoms with Crippen molar-refractivity contribution in [2.24, 2.45) is 0 Å². The van der Waals surface area contributed by atoms with Gasteiger partial charge in [0.15, 0.2) is 0 Å². The van der Waals surface area contributed by atoms with Gasteiger partial charge < -0.3 is 10.4 Å². The van der Waals surface area contributed by atoms with Crippen LogP contribution in [0.1, 0.15) is 26.3 Å². The Balaban J connectivity index is 2.29. The zero-order valence-corrected chi connectivity index (χ0v) is 14.1. The summed E-state index contributed by atoms with van der Waals surface area (Å²) < 4.78 is 1.60. The van der Waals surface area contributed by atoms with Gasteiger partial charge in [0.2, 0.25) is 0 Å². The summed E-state index contributed by atoms with van der Waals surface area (Å²) in [5.41, 5.74) is 2.54. The molecule has 0 bridgehead atoms. The standard InChI is InChI=1S/C17H24N4O2/c1-12-7-5-6-8-13(12)14-11-15(21(20-14)9-10-22)18-16(23)19-17(2,3)4/h5-8,11,22H,9-10H2,1-4H3,(H2,18,19,23). The molecule has 0 aliphatic carbocycles. The third kappa shape index (κ3) is 4.56. The van der Waals surface area contributed by atoms with E-state index >= 15 is 0 Å². The highest BCUT2D eigenvalue weighted by molar-refractivity contribution is 5.89. The summed E-state index contributed by atoms with van der Waals surface area (Å²) in [5.74, 6) is 0.555. The van der Waals surface area contributed by atoms with Crippen molar-refractivity contribution in [3.8, 4) is 11.3 Å². The molecular formula is C17H24N4O2. The van der Waals surface area contributed by atoms with Gasteiger partial charge in [-0.2, -0.15) is 5.10 Å². The van der Waals surface area contributed by atoms with Gasteiger partial charge in [0.25, 0.3) is 0 Å². The number of aliphatic hydroxyl groups excluding tert-OH is 1. The van der Waals surface area contributed by atoms with Crippen LogP contribution >= 0.6 is 0 Å². The molecule has 2 aromatic rings. The Morgan fingerprint density at radius 3 is 2.61 bits per heavy atom. The molecule has 1 heterocycles. The van der Waals surface area contributed by atoms with Gasteiger partial charge in [-0.25, -0.2) is 9.48 Å². The lowest BCUT2D eigenvalue weighted by atomic mass is 10.1. The zero-order valence-electron chi connectivity index (χ0n) is 14.1. The number of carbonyl (C=O) groups excluding carboxylic acids is 1. The largest absolute Gasteiger partial charge is 0.394 e. The zero-order chi connectivity index (χ0) is 17.0. The van der Waals surface area contributed by atoms with Gasteiger partial charge in [0.05, 0.1) is 18.8 Å². The lowest BCUT2D eigenvalue weighted by molar-refractivity contribution is 0.243. The first kappa shape index (κ1) is 17.0. The number of hydrogen-bond acceptors (Lipinski definition) is 3. The number of aryl methyl sites for hydroxylation is 1. The summed E-state index contributed by atoms with van der Waals surface area (Å²) in [5, 5.41) is 19.3. The van der Waals surface area contributed by atoms with Gasteiger partial charge in [-0.15, -0.1) is 0 Å². The van der Waals surface area contributed by atoms with Crippen LogP contribution in [-0.2, 0) is 6.54 Å². The highest BCUT2D eigenvalue weighted by Gasteiger charge is 2.17. The Morgan fingerprint density at radius 2 is 2.00 bits per heavy atom. The van der Waals surface area contributed by atoms with Crippen LogP contribution in [0.5, 0.6) is 0 Å². The molecule has 1 aromatic carbocycles. The number of urea groups is 1. The quantitative estimate of drug-likeness (QED) is 0.811. The first-order chi connectivity index (χ1) is 10.8. The predicted octanol–water partition coefficient (Wildman–Crippen LogP) is 2.77. The SMILES string of the molecule is Cc1ccccc1-c1cc(NC(=O)NC(C)(C)C)n(CCO)n1. The van der Waals surface area contributed by atoms with Crippen molar-refractivity contribution >= 4 is 11.8 Å². The molecule has 3 N–H and O–H groups in total. The van der Waals surface area contributed by atoms with Gasteiger partial charge in [-0.3, -0.25) is 5.32 Å². The van der Waals surface area contributed by atoms with E-state index in [0.29, 0.717) is 12.4 Å². The van der Waals surface area contributed by atoms with Crippen LogP contribution in [0.15, 0.2) is 30.3 Å². The summed E-state index contributed by atoms with van der Waals surface area (Å²) in [6, 6.07) is 9.44. The molecule has 23 heavy (non-hydrogen) atoms. The molecule has 6 heteroatoms. The van der Waals surface area contributed by atoms with Gasteiger partial charge in [0.1, 0.15) is 5.82 Å². The number of nitrogens with one attached hydrogen (secondary N) is 2. The molecule has 124 valence electrons. The van der Waals surface area contributed by atoms with Crippen molar-refractivity contribution in [3.63, 3.8) is 0 Å². The topological polar surface area (TPSA) is 79.2 Å². The predicted molar refractivity (Wildman–Crippen MR) is 91.4 cm³/mol. The Kier molecular flexibility index (Phi) is 5.05. The minimum atomic E-state index is -0.329. The molecular weight excluding hydrogens is 292 g/mol. The molecule has 0 spiro atoms. The van der Waals surface area contributed by atoms with Crippen molar-refractivity contribution in [2.75, 3.05) is 11.9 Å². The Hall–Kier alpha value is -2.34. The van der Waals surface area contributed by atoms with Crippen molar-refractivity contribution in [3.05, 3.63) is 35.9 Å². The number of carbonyl (C=O) groups is 1. The van der Waals surface area contributed by atoms with E-state index in [1.165, 1.54) is 0 Å². The molecule has 0 fully saturated rings. The van der Waals surface area contributed by atoms with Crippen LogP contribution in [0.25, 0.3) is 11.3 Å². The molecule has 0 unspecified atom stereocenters. The maximum Gasteiger partial charge on any atom is 0.320 e. The fourth-order valence-electron chi connectivity index (χ4n) is 2.26.